The molecule has 1 aromatic carbocycles. The van der Waals surface area contributed by atoms with Gasteiger partial charge in [-0.2, -0.15) is 5.26 Å². The zero-order chi connectivity index (χ0) is 13.7. The summed E-state index contributed by atoms with van der Waals surface area (Å²) in [6.07, 6.45) is 4.49. The number of hydrogen-bond donors (Lipinski definition) is 1. The van der Waals surface area contributed by atoms with Gasteiger partial charge in [-0.3, -0.25) is 0 Å². The monoisotopic (exact) mass is 255 g/mol. The highest BCUT2D eigenvalue weighted by Crippen LogP contribution is 2.19. The highest BCUT2D eigenvalue weighted by Gasteiger charge is 2.05. The molecule has 0 amide bonds. The molecule has 0 bridgehead atoms. The Morgan fingerprint density at radius 3 is 2.95 bits per heavy atom. The molecule has 1 N–H and O–H groups in total. The Labute approximate surface area is 114 Å². The average Bonchev–Trinajstić information content (AvgIpc) is 2.82. The van der Waals surface area contributed by atoms with Crippen molar-refractivity contribution in [2.75, 3.05) is 6.54 Å². The van der Waals surface area contributed by atoms with Gasteiger partial charge in [-0.1, -0.05) is 19.4 Å². The van der Waals surface area contributed by atoms with Crippen LogP contribution in [0.3, 0.4) is 0 Å². The van der Waals surface area contributed by atoms with Crippen molar-refractivity contribution in [1.82, 2.24) is 9.88 Å². The van der Waals surface area contributed by atoms with E-state index < -0.39 is 0 Å². The quantitative estimate of drug-likeness (QED) is 0.860. The molecule has 1 aromatic heterocycles. The highest BCUT2D eigenvalue weighted by molar-refractivity contribution is 5.85. The Morgan fingerprint density at radius 1 is 1.37 bits per heavy atom. The SMILES string of the molecule is CCCC(C)NCCn1ccc2c(C#N)cccc21. The van der Waals surface area contributed by atoms with Gasteiger partial charge in [-0.25, -0.2) is 0 Å². The van der Waals surface area contributed by atoms with Gasteiger partial charge in [0.2, 0.25) is 0 Å². The number of nitriles is 1. The first-order valence-electron chi connectivity index (χ1n) is 6.97. The second kappa shape index (κ2) is 6.40. The van der Waals surface area contributed by atoms with Crippen LogP contribution in [0, 0.1) is 11.3 Å². The average molecular weight is 255 g/mol. The highest BCUT2D eigenvalue weighted by atomic mass is 15.0. The van der Waals surface area contributed by atoms with Crippen molar-refractivity contribution in [2.24, 2.45) is 0 Å². The number of nitrogens with zero attached hydrogens (tertiary/aromatic N) is 2. The largest absolute Gasteiger partial charge is 0.346 e. The van der Waals surface area contributed by atoms with E-state index >= 15 is 0 Å². The fourth-order valence-electron chi connectivity index (χ4n) is 2.48. The maximum atomic E-state index is 9.08. The van der Waals surface area contributed by atoms with Gasteiger partial charge in [0.1, 0.15) is 0 Å². The van der Waals surface area contributed by atoms with E-state index in [2.05, 4.69) is 42.1 Å². The summed E-state index contributed by atoms with van der Waals surface area (Å²) >= 11 is 0. The number of rotatable bonds is 6. The zero-order valence-electron chi connectivity index (χ0n) is 11.7. The molecule has 1 unspecified atom stereocenters. The van der Waals surface area contributed by atoms with Crippen LogP contribution in [-0.4, -0.2) is 17.2 Å². The summed E-state index contributed by atoms with van der Waals surface area (Å²) in [6, 6.07) is 10.7. The smallest absolute Gasteiger partial charge is 0.0998 e. The molecular formula is C16H21N3. The van der Waals surface area contributed by atoms with Crippen LogP contribution in [0.25, 0.3) is 10.9 Å². The van der Waals surface area contributed by atoms with Crippen molar-refractivity contribution >= 4 is 10.9 Å². The van der Waals surface area contributed by atoms with Crippen LogP contribution in [0.15, 0.2) is 30.5 Å². The molecule has 3 heteroatoms. The van der Waals surface area contributed by atoms with Gasteiger partial charge in [-0.05, 0) is 31.5 Å². The molecule has 0 aliphatic heterocycles. The lowest BCUT2D eigenvalue weighted by Gasteiger charge is -2.13. The number of hydrogen-bond acceptors (Lipinski definition) is 2. The Morgan fingerprint density at radius 2 is 2.21 bits per heavy atom. The molecule has 0 saturated carbocycles. The molecule has 0 radical (unpaired) electrons. The second-order valence-corrected chi connectivity index (χ2v) is 5.00. The minimum absolute atomic E-state index is 0.571. The second-order valence-electron chi connectivity index (χ2n) is 5.00. The van der Waals surface area contributed by atoms with E-state index in [0.717, 1.165) is 29.6 Å². The lowest BCUT2D eigenvalue weighted by Crippen LogP contribution is -2.29. The molecule has 0 saturated heterocycles. The standard InChI is InChI=1S/C16H21N3/c1-3-5-13(2)18-9-11-19-10-8-15-14(12-17)6-4-7-16(15)19/h4,6-8,10,13,18H,3,5,9,11H2,1-2H3. The molecule has 3 nitrogen and oxygen atoms in total. The van der Waals surface area contributed by atoms with Crippen molar-refractivity contribution < 1.29 is 0 Å². The summed E-state index contributed by atoms with van der Waals surface area (Å²) in [5, 5.41) is 13.7. The van der Waals surface area contributed by atoms with Crippen molar-refractivity contribution in [3.63, 3.8) is 0 Å². The van der Waals surface area contributed by atoms with Crippen LogP contribution in [0.2, 0.25) is 0 Å². The van der Waals surface area contributed by atoms with Crippen LogP contribution in [0.1, 0.15) is 32.3 Å². The molecule has 0 spiro atoms. The van der Waals surface area contributed by atoms with Crippen LogP contribution in [0.5, 0.6) is 0 Å². The Bertz CT molecular complexity index is 577. The summed E-state index contributed by atoms with van der Waals surface area (Å²) < 4.78 is 2.21. The van der Waals surface area contributed by atoms with Gasteiger partial charge in [0, 0.05) is 36.2 Å². The number of fused-ring (bicyclic) bond motifs is 1. The minimum atomic E-state index is 0.571. The first-order chi connectivity index (χ1) is 9.26. The van der Waals surface area contributed by atoms with Gasteiger partial charge in [-0.15, -0.1) is 0 Å². The van der Waals surface area contributed by atoms with Crippen molar-refractivity contribution in [1.29, 1.82) is 5.26 Å². The van der Waals surface area contributed by atoms with Crippen LogP contribution in [-0.2, 0) is 6.54 Å². The predicted molar refractivity (Wildman–Crippen MR) is 79.0 cm³/mol. The van der Waals surface area contributed by atoms with E-state index in [-0.39, 0.29) is 0 Å². The first-order valence-corrected chi connectivity index (χ1v) is 6.97. The molecule has 19 heavy (non-hydrogen) atoms. The van der Waals surface area contributed by atoms with Crippen molar-refractivity contribution in [3.8, 4) is 6.07 Å². The fourth-order valence-corrected chi connectivity index (χ4v) is 2.48. The molecule has 2 rings (SSSR count). The molecule has 1 atom stereocenters. The maximum Gasteiger partial charge on any atom is 0.0998 e. The lowest BCUT2D eigenvalue weighted by molar-refractivity contribution is 0.489. The summed E-state index contributed by atoms with van der Waals surface area (Å²) in [5.74, 6) is 0. The van der Waals surface area contributed by atoms with Crippen molar-refractivity contribution in [3.05, 3.63) is 36.0 Å². The summed E-state index contributed by atoms with van der Waals surface area (Å²) in [5.41, 5.74) is 1.90. The van der Waals surface area contributed by atoms with Gasteiger partial charge in [0.25, 0.3) is 0 Å². The van der Waals surface area contributed by atoms with E-state index in [0.29, 0.717) is 6.04 Å². The molecular weight excluding hydrogens is 234 g/mol. The number of nitrogens with one attached hydrogen (secondary N) is 1. The number of aromatic nitrogens is 1. The Balaban J connectivity index is 2.04. The third kappa shape index (κ3) is 3.15. The third-order valence-corrected chi connectivity index (χ3v) is 3.50. The van der Waals surface area contributed by atoms with Crippen LogP contribution < -0.4 is 5.32 Å². The molecule has 100 valence electrons. The Kier molecular flexibility index (Phi) is 4.59. The lowest BCUT2D eigenvalue weighted by atomic mass is 10.1. The van der Waals surface area contributed by atoms with E-state index in [1.807, 2.05) is 18.2 Å². The Hall–Kier alpha value is -1.79. The summed E-state index contributed by atoms with van der Waals surface area (Å²) in [6.45, 7) is 6.33. The fraction of sp³-hybridized carbons (Fsp3) is 0.438. The summed E-state index contributed by atoms with van der Waals surface area (Å²) in [7, 11) is 0. The summed E-state index contributed by atoms with van der Waals surface area (Å²) in [4.78, 5) is 0. The van der Waals surface area contributed by atoms with Gasteiger partial charge >= 0.3 is 0 Å². The van der Waals surface area contributed by atoms with E-state index in [1.165, 1.54) is 12.8 Å². The number of benzene rings is 1. The topological polar surface area (TPSA) is 40.8 Å². The molecule has 0 aliphatic carbocycles. The molecule has 0 fully saturated rings. The molecule has 1 heterocycles. The third-order valence-electron chi connectivity index (χ3n) is 3.50. The molecule has 0 aliphatic rings. The van der Waals surface area contributed by atoms with Gasteiger partial charge in [0.05, 0.1) is 11.6 Å². The van der Waals surface area contributed by atoms with E-state index in [1.54, 1.807) is 0 Å². The van der Waals surface area contributed by atoms with Crippen LogP contribution >= 0.6 is 0 Å². The first kappa shape index (κ1) is 13.6. The maximum absolute atomic E-state index is 9.08. The normalized spacial score (nSPS) is 12.5. The minimum Gasteiger partial charge on any atom is -0.346 e. The van der Waals surface area contributed by atoms with E-state index in [9.17, 15) is 0 Å². The van der Waals surface area contributed by atoms with Crippen molar-refractivity contribution in [2.45, 2.75) is 39.3 Å². The van der Waals surface area contributed by atoms with Gasteiger partial charge in [0.15, 0.2) is 0 Å². The predicted octanol–water partition coefficient (Wildman–Crippen LogP) is 3.29. The van der Waals surface area contributed by atoms with E-state index in [4.69, 9.17) is 5.26 Å². The zero-order valence-corrected chi connectivity index (χ0v) is 11.7. The molecule has 2 aromatic rings. The van der Waals surface area contributed by atoms with Crippen LogP contribution in [0.4, 0.5) is 0 Å². The van der Waals surface area contributed by atoms with Gasteiger partial charge < -0.3 is 9.88 Å².